The van der Waals surface area contributed by atoms with Crippen molar-refractivity contribution in [2.75, 3.05) is 49.1 Å². The first-order chi connectivity index (χ1) is 19.3. The zero-order valence-corrected chi connectivity index (χ0v) is 24.1. The molecular weight excluding hydrogens is 558 g/mol. The number of hydrogen-bond donors (Lipinski definition) is 4. The third kappa shape index (κ3) is 8.29. The molecule has 3 aromatic heterocycles. The second-order valence-corrected chi connectivity index (χ2v) is 10.9. The van der Waals surface area contributed by atoms with E-state index < -0.39 is 33.6 Å². The molecule has 0 spiro atoms. The number of aromatic nitrogens is 3. The Kier molecular flexibility index (Phi) is 10.1. The molecule has 0 saturated heterocycles. The van der Waals surface area contributed by atoms with Gasteiger partial charge in [-0.1, -0.05) is 0 Å². The topological polar surface area (TPSA) is 184 Å². The van der Waals surface area contributed by atoms with Crippen LogP contribution in [0.25, 0.3) is 0 Å². The van der Waals surface area contributed by atoms with Crippen LogP contribution in [0.15, 0.2) is 36.8 Å². The molecule has 15 nitrogen and oxygen atoms in total. The van der Waals surface area contributed by atoms with Crippen molar-refractivity contribution < 1.29 is 36.5 Å². The van der Waals surface area contributed by atoms with E-state index >= 15 is 0 Å². The summed E-state index contributed by atoms with van der Waals surface area (Å²) >= 11 is 0. The second-order valence-electron chi connectivity index (χ2n) is 9.06. The molecule has 0 aliphatic rings. The lowest BCUT2D eigenvalue weighted by molar-refractivity contribution is -0.115. The number of nitrogens with zero attached hydrogens (tertiary/aromatic N) is 3. The van der Waals surface area contributed by atoms with Gasteiger partial charge in [0.2, 0.25) is 5.91 Å². The average Bonchev–Trinajstić information content (AvgIpc) is 3.58. The number of nitrogens with one attached hydrogen (secondary N) is 4. The zero-order valence-electron chi connectivity index (χ0n) is 23.3. The monoisotopic (exact) mass is 591 g/mol. The summed E-state index contributed by atoms with van der Waals surface area (Å²) in [7, 11) is 3.71. The summed E-state index contributed by atoms with van der Waals surface area (Å²) in [6, 6.07) is 4.48. The summed E-state index contributed by atoms with van der Waals surface area (Å²) in [5.74, 6) is -2.30. The molecule has 4 amide bonds. The Balaban J connectivity index is 1.63. The van der Waals surface area contributed by atoms with Gasteiger partial charge in [-0.15, -0.1) is 0 Å². The Hall–Kier alpha value is -4.41. The van der Waals surface area contributed by atoms with Gasteiger partial charge >= 0.3 is 0 Å². The molecule has 3 heterocycles. The largest absolute Gasteiger partial charge is 0.383 e. The molecule has 0 aromatic carbocycles. The minimum absolute atomic E-state index is 0.209. The number of methoxy groups -OCH3 is 1. The molecule has 41 heavy (non-hydrogen) atoms. The van der Waals surface area contributed by atoms with E-state index in [-0.39, 0.29) is 23.7 Å². The highest BCUT2D eigenvalue weighted by molar-refractivity contribution is 7.86. The maximum absolute atomic E-state index is 12.9. The first-order valence-corrected chi connectivity index (χ1v) is 13.9. The summed E-state index contributed by atoms with van der Waals surface area (Å²) in [5.41, 5.74) is 1.89. The molecule has 0 saturated carbocycles. The molecule has 0 unspecified atom stereocenters. The lowest BCUT2D eigenvalue weighted by Gasteiger charge is -2.04. The van der Waals surface area contributed by atoms with Crippen LogP contribution in [0.4, 0.5) is 17.1 Å². The number of ether oxygens (including phenoxy) is 1. The van der Waals surface area contributed by atoms with E-state index in [1.807, 2.05) is 0 Å². The quantitative estimate of drug-likeness (QED) is 0.167. The van der Waals surface area contributed by atoms with Gasteiger partial charge in [0, 0.05) is 59.8 Å². The summed E-state index contributed by atoms with van der Waals surface area (Å²) in [6.07, 6.45) is 4.37. The molecule has 0 fully saturated rings. The van der Waals surface area contributed by atoms with E-state index in [4.69, 9.17) is 4.74 Å². The van der Waals surface area contributed by atoms with Gasteiger partial charge in [0.05, 0.1) is 36.5 Å². The lowest BCUT2D eigenvalue weighted by atomic mass is 10.3. The van der Waals surface area contributed by atoms with Crippen molar-refractivity contribution in [2.24, 2.45) is 21.1 Å². The van der Waals surface area contributed by atoms with Crippen LogP contribution in [0.5, 0.6) is 0 Å². The van der Waals surface area contributed by atoms with Crippen molar-refractivity contribution in [3.05, 3.63) is 53.9 Å². The van der Waals surface area contributed by atoms with Gasteiger partial charge in [-0.2, -0.15) is 8.42 Å². The first-order valence-electron chi connectivity index (χ1n) is 12.3. The van der Waals surface area contributed by atoms with Crippen LogP contribution < -0.4 is 21.3 Å². The van der Waals surface area contributed by atoms with E-state index in [2.05, 4.69) is 25.5 Å². The molecule has 4 N–H and O–H groups in total. The van der Waals surface area contributed by atoms with Gasteiger partial charge in [-0.05, 0) is 18.2 Å². The van der Waals surface area contributed by atoms with E-state index in [9.17, 15) is 27.6 Å². The molecule has 0 radical (unpaired) electrons. The van der Waals surface area contributed by atoms with Crippen LogP contribution in [-0.2, 0) is 45.0 Å². The molecule has 0 atom stereocenters. The molecule has 0 bridgehead atoms. The van der Waals surface area contributed by atoms with Gasteiger partial charge < -0.3 is 39.7 Å². The predicted molar refractivity (Wildman–Crippen MR) is 150 cm³/mol. The molecular formula is C25H33N7O8S. The number of anilines is 3. The predicted octanol–water partition coefficient (Wildman–Crippen LogP) is 0.888. The summed E-state index contributed by atoms with van der Waals surface area (Å²) in [6.45, 7) is 0.720. The maximum Gasteiger partial charge on any atom is 0.272 e. The van der Waals surface area contributed by atoms with Gasteiger partial charge in [0.15, 0.2) is 0 Å². The Labute approximate surface area is 236 Å². The summed E-state index contributed by atoms with van der Waals surface area (Å²) in [4.78, 5) is 50.3. The number of aryl methyl sites for hydroxylation is 3. The third-order valence-electron chi connectivity index (χ3n) is 5.94. The number of hydrogen-bond acceptors (Lipinski definition) is 8. The molecule has 0 aliphatic carbocycles. The van der Waals surface area contributed by atoms with Crippen LogP contribution >= 0.6 is 0 Å². The number of amides is 4. The molecule has 0 aliphatic heterocycles. The first kappa shape index (κ1) is 31.1. The van der Waals surface area contributed by atoms with Crippen molar-refractivity contribution in [2.45, 2.75) is 6.42 Å². The van der Waals surface area contributed by atoms with Crippen molar-refractivity contribution in [1.29, 1.82) is 0 Å². The summed E-state index contributed by atoms with van der Waals surface area (Å²) in [5, 5.41) is 10.7. The van der Waals surface area contributed by atoms with Crippen LogP contribution in [0.1, 0.15) is 37.9 Å². The highest BCUT2D eigenvalue weighted by Crippen LogP contribution is 2.20. The number of carbonyl (C=O) groups excluding carboxylic acids is 4. The fourth-order valence-electron chi connectivity index (χ4n) is 3.85. The van der Waals surface area contributed by atoms with Crippen molar-refractivity contribution in [3.63, 3.8) is 0 Å². The van der Waals surface area contributed by atoms with Crippen molar-refractivity contribution >= 4 is 50.8 Å². The number of carbonyl (C=O) groups is 4. The van der Waals surface area contributed by atoms with Gasteiger partial charge in [-0.3, -0.25) is 23.4 Å². The summed E-state index contributed by atoms with van der Waals surface area (Å²) < 4.78 is 36.7. The standard InChI is InChI=1S/C25H33N7O8S/c1-30-14-17(11-19(30)23(34)26-7-8-39-4)28-25(36)21-12-18(15-32(21)3)29-24(35)20-10-16(13-31(20)2)27-22(33)6-9-41(37,38)40-5/h10-15H,6-9H2,1-5H3,(H,26,34)(H,27,33)(H,28,36)(H,29,35). The smallest absolute Gasteiger partial charge is 0.272 e. The Morgan fingerprint density at radius 1 is 0.732 bits per heavy atom. The van der Waals surface area contributed by atoms with E-state index in [1.54, 1.807) is 44.2 Å². The normalized spacial score (nSPS) is 11.2. The fraction of sp³-hybridized carbons (Fsp3) is 0.360. The Morgan fingerprint density at radius 2 is 1.17 bits per heavy atom. The Morgan fingerprint density at radius 3 is 1.61 bits per heavy atom. The highest BCUT2D eigenvalue weighted by Gasteiger charge is 2.19. The number of rotatable bonds is 13. The average molecular weight is 592 g/mol. The highest BCUT2D eigenvalue weighted by atomic mass is 32.2. The Bertz CT molecular complexity index is 1550. The molecule has 222 valence electrons. The zero-order chi connectivity index (χ0) is 30.3. The van der Waals surface area contributed by atoms with Crippen LogP contribution in [-0.4, -0.2) is 78.9 Å². The molecule has 3 rings (SSSR count). The molecule has 3 aromatic rings. The van der Waals surface area contributed by atoms with Gasteiger partial charge in [-0.25, -0.2) is 0 Å². The lowest BCUT2D eigenvalue weighted by Crippen LogP contribution is -2.28. The van der Waals surface area contributed by atoms with Crippen molar-refractivity contribution in [3.8, 4) is 0 Å². The van der Waals surface area contributed by atoms with Crippen LogP contribution in [0, 0.1) is 0 Å². The SMILES string of the molecule is COCCNC(=O)c1cc(NC(=O)c2cc(NC(=O)c3cc(NC(=O)CCS(=O)(=O)OC)cn3C)cn2C)cn1C. The van der Waals surface area contributed by atoms with Gasteiger partial charge in [0.1, 0.15) is 17.1 Å². The van der Waals surface area contributed by atoms with Crippen molar-refractivity contribution in [1.82, 2.24) is 19.0 Å². The van der Waals surface area contributed by atoms with E-state index in [0.29, 0.717) is 35.9 Å². The fourth-order valence-corrected chi connectivity index (χ4v) is 4.45. The van der Waals surface area contributed by atoms with Crippen LogP contribution in [0.3, 0.4) is 0 Å². The molecule has 16 heteroatoms. The maximum atomic E-state index is 12.9. The minimum Gasteiger partial charge on any atom is -0.383 e. The van der Waals surface area contributed by atoms with Gasteiger partial charge in [0.25, 0.3) is 27.8 Å². The van der Waals surface area contributed by atoms with Crippen LogP contribution in [0.2, 0.25) is 0 Å². The van der Waals surface area contributed by atoms with E-state index in [1.165, 1.54) is 34.6 Å². The minimum atomic E-state index is -3.77. The third-order valence-corrected chi connectivity index (χ3v) is 7.15. The van der Waals surface area contributed by atoms with E-state index in [0.717, 1.165) is 7.11 Å². The second kappa shape index (κ2) is 13.3.